The first-order chi connectivity index (χ1) is 14.5. The maximum Gasteiger partial charge on any atom is 0.264 e. The second-order valence-electron chi connectivity index (χ2n) is 6.69. The number of hydrazine groups is 1. The van der Waals surface area contributed by atoms with Gasteiger partial charge in [0.15, 0.2) is 5.78 Å². The normalized spacial score (nSPS) is 16.2. The van der Waals surface area contributed by atoms with Gasteiger partial charge in [-0.1, -0.05) is 0 Å². The molecule has 3 rings (SSSR count). The summed E-state index contributed by atoms with van der Waals surface area (Å²) in [5, 5.41) is 20.1. The summed E-state index contributed by atoms with van der Waals surface area (Å²) in [6.45, 7) is 1.04. The summed E-state index contributed by atoms with van der Waals surface area (Å²) in [5.41, 5.74) is 2.21. The lowest BCUT2D eigenvalue weighted by Gasteiger charge is -2.16. The zero-order chi connectivity index (χ0) is 22.9. The van der Waals surface area contributed by atoms with Crippen molar-refractivity contribution in [3.63, 3.8) is 0 Å². The predicted octanol–water partition coefficient (Wildman–Crippen LogP) is 0.190. The summed E-state index contributed by atoms with van der Waals surface area (Å²) in [5.74, 6) is -5.04. The highest BCUT2D eigenvalue weighted by Gasteiger charge is 2.41. The summed E-state index contributed by atoms with van der Waals surface area (Å²) >= 11 is 0. The molecule has 0 spiro atoms. The molecule has 1 saturated heterocycles. The fourth-order valence-corrected chi connectivity index (χ4v) is 3.94. The second-order valence-corrected chi connectivity index (χ2v) is 8.37. The topological polar surface area (TPSA) is 170 Å². The molecule has 0 radical (unpaired) electrons. The molecular formula is C19H17N3O8S. The van der Waals surface area contributed by atoms with Crippen LogP contribution in [0.4, 0.5) is 5.69 Å². The van der Waals surface area contributed by atoms with Gasteiger partial charge in [0, 0.05) is 13.3 Å². The van der Waals surface area contributed by atoms with Gasteiger partial charge in [0.05, 0.1) is 16.1 Å². The molecule has 1 aliphatic heterocycles. The SMILES string of the molecule is CC(=O)NS(=O)(=O)c1ccc(N2NC(=O)C(CC(=O)c3cc(O)ccc3O)C2=O)cc1. The van der Waals surface area contributed by atoms with E-state index in [4.69, 9.17) is 0 Å². The van der Waals surface area contributed by atoms with Gasteiger partial charge in [-0.05, 0) is 42.5 Å². The van der Waals surface area contributed by atoms with Crippen molar-refractivity contribution < 1.29 is 37.8 Å². The van der Waals surface area contributed by atoms with Gasteiger partial charge in [0.25, 0.3) is 21.8 Å². The maximum atomic E-state index is 12.7. The number of hydrogen-bond acceptors (Lipinski definition) is 8. The Morgan fingerprint density at radius 3 is 2.35 bits per heavy atom. The highest BCUT2D eigenvalue weighted by Crippen LogP contribution is 2.28. The fraction of sp³-hybridized carbons (Fsp3) is 0.158. The smallest absolute Gasteiger partial charge is 0.264 e. The number of nitrogens with zero attached hydrogens (tertiary/aromatic N) is 1. The molecule has 2 aromatic carbocycles. The van der Waals surface area contributed by atoms with Gasteiger partial charge in [0.1, 0.15) is 17.4 Å². The van der Waals surface area contributed by atoms with Crippen LogP contribution in [0.15, 0.2) is 47.4 Å². The lowest BCUT2D eigenvalue weighted by atomic mass is 9.97. The molecule has 1 heterocycles. The summed E-state index contributed by atoms with van der Waals surface area (Å²) in [4.78, 5) is 48.1. The Morgan fingerprint density at radius 2 is 1.74 bits per heavy atom. The van der Waals surface area contributed by atoms with Gasteiger partial charge >= 0.3 is 0 Å². The van der Waals surface area contributed by atoms with Crippen LogP contribution in [0.5, 0.6) is 11.5 Å². The Labute approximate surface area is 176 Å². The number of ketones is 1. The first-order valence-electron chi connectivity index (χ1n) is 8.82. The standard InChI is InChI=1S/C19H17N3O8S/c1-10(23)21-31(29,30)13-5-2-11(3-6-13)22-19(28)15(18(27)20-22)9-17(26)14-8-12(24)4-7-16(14)25/h2-8,15,24-25H,9H2,1H3,(H,20,27)(H,21,23). The third-order valence-corrected chi connectivity index (χ3v) is 5.86. The van der Waals surface area contributed by atoms with Crippen LogP contribution in [0, 0.1) is 5.92 Å². The first kappa shape index (κ1) is 21.8. The fourth-order valence-electron chi connectivity index (χ4n) is 2.95. The average molecular weight is 447 g/mol. The number of carbonyl (C=O) groups excluding carboxylic acids is 4. The van der Waals surface area contributed by atoms with Crippen LogP contribution in [0.3, 0.4) is 0 Å². The minimum absolute atomic E-state index is 0.135. The van der Waals surface area contributed by atoms with Gasteiger partial charge < -0.3 is 10.2 Å². The van der Waals surface area contributed by atoms with Crippen LogP contribution in [0.2, 0.25) is 0 Å². The molecule has 11 nitrogen and oxygen atoms in total. The number of anilines is 1. The van der Waals surface area contributed by atoms with Gasteiger partial charge in [0.2, 0.25) is 5.91 Å². The van der Waals surface area contributed by atoms with Crippen molar-refractivity contribution in [3.05, 3.63) is 48.0 Å². The van der Waals surface area contributed by atoms with E-state index in [1.54, 1.807) is 4.72 Å². The van der Waals surface area contributed by atoms with Crippen LogP contribution >= 0.6 is 0 Å². The maximum absolute atomic E-state index is 12.7. The molecule has 162 valence electrons. The minimum Gasteiger partial charge on any atom is -0.508 e. The van der Waals surface area contributed by atoms with E-state index in [-0.39, 0.29) is 21.9 Å². The van der Waals surface area contributed by atoms with Gasteiger partial charge in [-0.3, -0.25) is 24.6 Å². The number of hydrogen-bond donors (Lipinski definition) is 4. The number of phenolic OH excluding ortho intramolecular Hbond substituents is 2. The lowest BCUT2D eigenvalue weighted by Crippen LogP contribution is -2.36. The van der Waals surface area contributed by atoms with Crippen LogP contribution in [-0.2, 0) is 24.4 Å². The van der Waals surface area contributed by atoms with Crippen molar-refractivity contribution in [1.82, 2.24) is 10.1 Å². The van der Waals surface area contributed by atoms with E-state index in [9.17, 15) is 37.8 Å². The van der Waals surface area contributed by atoms with E-state index in [2.05, 4.69) is 5.43 Å². The van der Waals surface area contributed by atoms with Crippen molar-refractivity contribution >= 4 is 39.2 Å². The Kier molecular flexibility index (Phi) is 5.66. The molecule has 1 aliphatic rings. The number of amides is 3. The molecule has 0 bridgehead atoms. The second kappa shape index (κ2) is 8.07. The number of rotatable bonds is 6. The molecule has 3 amide bonds. The summed E-state index contributed by atoms with van der Waals surface area (Å²) < 4.78 is 25.8. The molecule has 1 atom stereocenters. The monoisotopic (exact) mass is 447 g/mol. The molecular weight excluding hydrogens is 430 g/mol. The van der Waals surface area contributed by atoms with E-state index in [0.717, 1.165) is 36.2 Å². The Bertz CT molecular complexity index is 1190. The third-order valence-electron chi connectivity index (χ3n) is 4.41. The molecule has 1 unspecified atom stereocenters. The molecule has 12 heteroatoms. The zero-order valence-corrected chi connectivity index (χ0v) is 16.8. The Balaban J connectivity index is 1.78. The van der Waals surface area contributed by atoms with Gasteiger partial charge in [-0.25, -0.2) is 18.1 Å². The van der Waals surface area contributed by atoms with Crippen molar-refractivity contribution in [2.45, 2.75) is 18.2 Å². The Hall–Kier alpha value is -3.93. The number of phenols is 2. The predicted molar refractivity (Wildman–Crippen MR) is 105 cm³/mol. The van der Waals surface area contributed by atoms with E-state index in [0.29, 0.717) is 0 Å². The number of sulfonamides is 1. The van der Waals surface area contributed by atoms with E-state index < -0.39 is 51.6 Å². The molecule has 0 aliphatic carbocycles. The number of carbonyl (C=O) groups is 4. The highest BCUT2D eigenvalue weighted by molar-refractivity contribution is 7.90. The third kappa shape index (κ3) is 4.48. The van der Waals surface area contributed by atoms with Crippen LogP contribution in [0.1, 0.15) is 23.7 Å². The van der Waals surface area contributed by atoms with Crippen LogP contribution in [0.25, 0.3) is 0 Å². The van der Waals surface area contributed by atoms with Crippen molar-refractivity contribution in [2.24, 2.45) is 5.92 Å². The molecule has 0 saturated carbocycles. The van der Waals surface area contributed by atoms with Gasteiger partial charge in [-0.15, -0.1) is 0 Å². The molecule has 1 fully saturated rings. The molecule has 31 heavy (non-hydrogen) atoms. The van der Waals surface area contributed by atoms with E-state index >= 15 is 0 Å². The number of Topliss-reactive ketones (excluding diaryl/α,β-unsaturated/α-hetero) is 1. The first-order valence-corrected chi connectivity index (χ1v) is 10.3. The van der Waals surface area contributed by atoms with Crippen molar-refractivity contribution in [1.29, 1.82) is 0 Å². The average Bonchev–Trinajstić information content (AvgIpc) is 2.97. The molecule has 2 aromatic rings. The lowest BCUT2D eigenvalue weighted by molar-refractivity contribution is -0.127. The number of aromatic hydroxyl groups is 2. The summed E-state index contributed by atoms with van der Waals surface area (Å²) in [6, 6.07) is 8.10. The van der Waals surface area contributed by atoms with Crippen molar-refractivity contribution in [3.8, 4) is 11.5 Å². The highest BCUT2D eigenvalue weighted by atomic mass is 32.2. The summed E-state index contributed by atoms with van der Waals surface area (Å²) in [7, 11) is -4.07. The van der Waals surface area contributed by atoms with Crippen molar-refractivity contribution in [2.75, 3.05) is 5.01 Å². The molecule has 4 N–H and O–H groups in total. The van der Waals surface area contributed by atoms with E-state index in [1.807, 2.05) is 0 Å². The number of benzene rings is 2. The van der Waals surface area contributed by atoms with E-state index in [1.165, 1.54) is 18.2 Å². The largest absolute Gasteiger partial charge is 0.508 e. The van der Waals surface area contributed by atoms with Gasteiger partial charge in [-0.2, -0.15) is 0 Å². The summed E-state index contributed by atoms with van der Waals surface area (Å²) in [6.07, 6.45) is -0.548. The van der Waals surface area contributed by atoms with Crippen LogP contribution < -0.4 is 15.2 Å². The quantitative estimate of drug-likeness (QED) is 0.276. The Morgan fingerprint density at radius 1 is 1.10 bits per heavy atom. The van der Waals surface area contributed by atoms with Crippen LogP contribution in [-0.4, -0.2) is 42.1 Å². The molecule has 0 aromatic heterocycles. The minimum atomic E-state index is -4.07. The number of nitrogens with one attached hydrogen (secondary N) is 2. The zero-order valence-electron chi connectivity index (χ0n) is 16.0.